The Morgan fingerprint density at radius 2 is 1.72 bits per heavy atom. The molecule has 0 radical (unpaired) electrons. The number of carbonyl (C=O) groups is 2. The van der Waals surface area contributed by atoms with Gasteiger partial charge in [0.15, 0.2) is 0 Å². The first-order valence-electron chi connectivity index (χ1n) is 10.7. The molecule has 0 unspecified atom stereocenters. The second-order valence-electron chi connectivity index (χ2n) is 7.92. The number of carbonyl (C=O) groups excluding carboxylic acids is 2. The summed E-state index contributed by atoms with van der Waals surface area (Å²) in [4.78, 5) is 27.5. The third-order valence-corrected chi connectivity index (χ3v) is 5.53. The van der Waals surface area contributed by atoms with Crippen LogP contribution in [0, 0.1) is 0 Å². The van der Waals surface area contributed by atoms with Gasteiger partial charge in [0, 0.05) is 12.7 Å². The molecular weight excluding hydrogens is 404 g/mol. The number of anilines is 1. The predicted octanol–water partition coefficient (Wildman–Crippen LogP) is 2.62. The molecule has 0 fully saturated rings. The summed E-state index contributed by atoms with van der Waals surface area (Å²) < 4.78 is 0. The first kappa shape index (κ1) is 23.2. The summed E-state index contributed by atoms with van der Waals surface area (Å²) in [6, 6.07) is 18.7. The van der Waals surface area contributed by atoms with Crippen LogP contribution < -0.4 is 16.8 Å². The Bertz CT molecular complexity index is 1070. The Morgan fingerprint density at radius 3 is 2.41 bits per heavy atom. The molecule has 3 rings (SSSR count). The van der Waals surface area contributed by atoms with Crippen molar-refractivity contribution >= 4 is 28.3 Å². The van der Waals surface area contributed by atoms with E-state index in [0.717, 1.165) is 16.3 Å². The van der Waals surface area contributed by atoms with E-state index in [1.807, 2.05) is 42.5 Å². The molecule has 0 saturated heterocycles. The molecule has 3 aromatic carbocycles. The second kappa shape index (κ2) is 10.7. The summed E-state index contributed by atoms with van der Waals surface area (Å²) in [7, 11) is 1.60. The minimum absolute atomic E-state index is 0.151. The highest BCUT2D eigenvalue weighted by Crippen LogP contribution is 2.20. The number of fused-ring (bicyclic) bond motifs is 1. The average molecular weight is 435 g/mol. The van der Waals surface area contributed by atoms with Crippen LogP contribution in [0.5, 0.6) is 5.75 Å². The zero-order chi connectivity index (χ0) is 23.1. The predicted molar refractivity (Wildman–Crippen MR) is 127 cm³/mol. The van der Waals surface area contributed by atoms with Gasteiger partial charge in [-0.15, -0.1) is 0 Å². The van der Waals surface area contributed by atoms with Gasteiger partial charge in [0.05, 0.1) is 6.04 Å². The first-order chi connectivity index (χ1) is 15.4. The molecule has 7 nitrogen and oxygen atoms in total. The summed E-state index contributed by atoms with van der Waals surface area (Å²) in [5.41, 5.74) is 13.3. The summed E-state index contributed by atoms with van der Waals surface area (Å²) in [5, 5.41) is 14.5. The highest BCUT2D eigenvalue weighted by atomic mass is 16.3. The molecule has 0 aliphatic heterocycles. The number of likely N-dealkylation sites (N-methyl/N-ethyl adjacent to an activating group) is 1. The van der Waals surface area contributed by atoms with Crippen LogP contribution in [-0.4, -0.2) is 47.5 Å². The molecule has 168 valence electrons. The molecule has 0 heterocycles. The molecule has 0 aliphatic carbocycles. The molecule has 7 heteroatoms. The highest BCUT2D eigenvalue weighted by molar-refractivity contribution is 5.99. The van der Waals surface area contributed by atoms with Crippen LogP contribution in [0.3, 0.4) is 0 Å². The van der Waals surface area contributed by atoms with Crippen molar-refractivity contribution in [3.63, 3.8) is 0 Å². The zero-order valence-corrected chi connectivity index (χ0v) is 18.2. The highest BCUT2D eigenvalue weighted by Gasteiger charge is 2.29. The molecule has 0 bridgehead atoms. The lowest BCUT2D eigenvalue weighted by Gasteiger charge is -2.29. The van der Waals surface area contributed by atoms with Gasteiger partial charge in [-0.3, -0.25) is 9.59 Å². The van der Waals surface area contributed by atoms with E-state index in [1.54, 1.807) is 31.3 Å². The number of hydrogen-bond acceptors (Lipinski definition) is 5. The Morgan fingerprint density at radius 1 is 1.03 bits per heavy atom. The van der Waals surface area contributed by atoms with Crippen molar-refractivity contribution in [1.29, 1.82) is 0 Å². The Kier molecular flexibility index (Phi) is 7.81. The topological polar surface area (TPSA) is 122 Å². The molecule has 6 N–H and O–H groups in total. The maximum atomic E-state index is 13.1. The maximum Gasteiger partial charge on any atom is 0.247 e. The quantitative estimate of drug-likeness (QED) is 0.412. The standard InChI is InChI=1S/C25H30N4O3/c1-29(25(32)22(27)15-17-8-12-21(30)13-9-17)23(7-4-14-26)24(31)28-20-11-10-18-5-2-3-6-19(18)16-20/h2-3,5-6,8-13,16,22-23,30H,4,7,14-15,26-27H2,1H3,(H,28,31)/t22-,23-/m0/s1. The number of nitrogens with two attached hydrogens (primary N) is 2. The zero-order valence-electron chi connectivity index (χ0n) is 18.2. The van der Waals surface area contributed by atoms with E-state index in [4.69, 9.17) is 11.5 Å². The van der Waals surface area contributed by atoms with Gasteiger partial charge in [0.25, 0.3) is 0 Å². The summed E-state index contributed by atoms with van der Waals surface area (Å²) >= 11 is 0. The van der Waals surface area contributed by atoms with Crippen molar-refractivity contribution in [2.24, 2.45) is 11.5 Å². The van der Waals surface area contributed by atoms with Gasteiger partial charge in [0.1, 0.15) is 11.8 Å². The molecule has 2 atom stereocenters. The normalized spacial score (nSPS) is 12.8. The number of phenols is 1. The Balaban J connectivity index is 1.71. The molecule has 0 aromatic heterocycles. The van der Waals surface area contributed by atoms with Gasteiger partial charge in [-0.2, -0.15) is 0 Å². The van der Waals surface area contributed by atoms with E-state index < -0.39 is 12.1 Å². The minimum atomic E-state index is -0.807. The number of nitrogens with zero attached hydrogens (tertiary/aromatic N) is 1. The molecule has 0 saturated carbocycles. The van der Waals surface area contributed by atoms with Crippen LogP contribution in [-0.2, 0) is 16.0 Å². The van der Waals surface area contributed by atoms with Gasteiger partial charge < -0.3 is 26.8 Å². The van der Waals surface area contributed by atoms with Crippen molar-refractivity contribution in [3.05, 3.63) is 72.3 Å². The van der Waals surface area contributed by atoms with Crippen LogP contribution in [0.2, 0.25) is 0 Å². The van der Waals surface area contributed by atoms with Crippen molar-refractivity contribution in [2.75, 3.05) is 18.9 Å². The van der Waals surface area contributed by atoms with E-state index in [-0.39, 0.29) is 17.6 Å². The summed E-state index contributed by atoms with van der Waals surface area (Å²) in [6.45, 7) is 0.418. The second-order valence-corrected chi connectivity index (χ2v) is 7.92. The summed E-state index contributed by atoms with van der Waals surface area (Å²) in [6.07, 6.45) is 1.34. The van der Waals surface area contributed by atoms with Gasteiger partial charge in [-0.25, -0.2) is 0 Å². The number of hydrogen-bond donors (Lipinski definition) is 4. The van der Waals surface area contributed by atoms with Crippen LogP contribution in [0.1, 0.15) is 18.4 Å². The lowest BCUT2D eigenvalue weighted by Crippen LogP contribution is -2.51. The number of aromatic hydroxyl groups is 1. The molecule has 0 spiro atoms. The number of amides is 2. The smallest absolute Gasteiger partial charge is 0.247 e. The largest absolute Gasteiger partial charge is 0.508 e. The van der Waals surface area contributed by atoms with Crippen molar-refractivity contribution < 1.29 is 14.7 Å². The molecule has 3 aromatic rings. The first-order valence-corrected chi connectivity index (χ1v) is 10.7. The van der Waals surface area contributed by atoms with Gasteiger partial charge in [-0.05, 0) is 66.4 Å². The van der Waals surface area contributed by atoms with Gasteiger partial charge in [0.2, 0.25) is 11.8 Å². The van der Waals surface area contributed by atoms with Gasteiger partial charge >= 0.3 is 0 Å². The van der Waals surface area contributed by atoms with Crippen LogP contribution in [0.4, 0.5) is 5.69 Å². The summed E-state index contributed by atoms with van der Waals surface area (Å²) in [5.74, 6) is -0.451. The molecule has 0 aliphatic rings. The fourth-order valence-electron chi connectivity index (χ4n) is 3.69. The van der Waals surface area contributed by atoms with Crippen molar-refractivity contribution in [3.8, 4) is 5.75 Å². The Hall–Kier alpha value is -3.42. The average Bonchev–Trinajstić information content (AvgIpc) is 2.80. The number of nitrogens with one attached hydrogen (secondary N) is 1. The fourth-order valence-corrected chi connectivity index (χ4v) is 3.69. The lowest BCUT2D eigenvalue weighted by atomic mass is 10.0. The van der Waals surface area contributed by atoms with E-state index in [1.165, 1.54) is 4.90 Å². The maximum absolute atomic E-state index is 13.1. The van der Waals surface area contributed by atoms with E-state index in [0.29, 0.717) is 31.5 Å². The van der Waals surface area contributed by atoms with E-state index >= 15 is 0 Å². The monoisotopic (exact) mass is 434 g/mol. The number of phenolic OH excluding ortho intramolecular Hbond substituents is 1. The number of benzene rings is 3. The van der Waals surface area contributed by atoms with E-state index in [9.17, 15) is 14.7 Å². The Labute approximate surface area is 188 Å². The van der Waals surface area contributed by atoms with Crippen LogP contribution in [0.15, 0.2) is 66.7 Å². The lowest BCUT2D eigenvalue weighted by molar-refractivity contribution is -0.138. The van der Waals surface area contributed by atoms with Gasteiger partial charge in [-0.1, -0.05) is 42.5 Å². The van der Waals surface area contributed by atoms with Crippen LogP contribution in [0.25, 0.3) is 10.8 Å². The molecule has 2 amide bonds. The van der Waals surface area contributed by atoms with Crippen molar-refractivity contribution in [1.82, 2.24) is 4.90 Å². The SMILES string of the molecule is CN(C(=O)[C@@H](N)Cc1ccc(O)cc1)[C@@H](CCCN)C(=O)Nc1ccc2ccccc2c1. The van der Waals surface area contributed by atoms with Crippen molar-refractivity contribution in [2.45, 2.75) is 31.3 Å². The van der Waals surface area contributed by atoms with E-state index in [2.05, 4.69) is 5.32 Å². The third kappa shape index (κ3) is 5.84. The third-order valence-electron chi connectivity index (χ3n) is 5.53. The van der Waals surface area contributed by atoms with Crippen LogP contribution >= 0.6 is 0 Å². The minimum Gasteiger partial charge on any atom is -0.508 e. The fraction of sp³-hybridized carbons (Fsp3) is 0.280. The number of rotatable bonds is 9. The molecule has 32 heavy (non-hydrogen) atoms. The molecular formula is C25H30N4O3.